The Morgan fingerprint density at radius 3 is 2.57 bits per heavy atom. The van der Waals surface area contributed by atoms with E-state index in [1.165, 1.54) is 44.1 Å². The van der Waals surface area contributed by atoms with Crippen LogP contribution >= 0.6 is 0 Å². The van der Waals surface area contributed by atoms with Gasteiger partial charge in [-0.1, -0.05) is 43.2 Å². The van der Waals surface area contributed by atoms with Gasteiger partial charge in [-0.3, -0.25) is 0 Å². The van der Waals surface area contributed by atoms with Gasteiger partial charge in [0.1, 0.15) is 0 Å². The maximum Gasteiger partial charge on any atom is 0.0641 e. The first kappa shape index (κ1) is 17.0. The monoisotopic (exact) mass is 315 g/mol. The lowest BCUT2D eigenvalue weighted by Gasteiger charge is -2.37. The van der Waals surface area contributed by atoms with Crippen molar-refractivity contribution in [2.24, 2.45) is 5.41 Å². The molecule has 2 heteroatoms. The van der Waals surface area contributed by atoms with Gasteiger partial charge in [0.15, 0.2) is 0 Å². The largest absolute Gasteiger partial charge is 0.375 e. The zero-order valence-electron chi connectivity index (χ0n) is 14.9. The third kappa shape index (κ3) is 4.81. The number of hydrogen-bond donors (Lipinski definition) is 1. The van der Waals surface area contributed by atoms with Crippen molar-refractivity contribution in [2.75, 3.05) is 13.2 Å². The molecule has 1 saturated heterocycles. The summed E-state index contributed by atoms with van der Waals surface area (Å²) in [6.45, 7) is 6.50. The minimum atomic E-state index is 0.0466. The zero-order valence-corrected chi connectivity index (χ0v) is 14.9. The molecule has 1 saturated carbocycles. The molecule has 1 atom stereocenters. The molecule has 1 aromatic rings. The van der Waals surface area contributed by atoms with Crippen molar-refractivity contribution in [1.82, 2.24) is 5.32 Å². The fourth-order valence-corrected chi connectivity index (χ4v) is 4.62. The summed E-state index contributed by atoms with van der Waals surface area (Å²) in [5.41, 5.74) is 2.10. The minimum absolute atomic E-state index is 0.0466. The first-order chi connectivity index (χ1) is 11.1. The highest BCUT2D eigenvalue weighted by Gasteiger charge is 2.34. The molecule has 0 radical (unpaired) electrons. The molecule has 0 unspecified atom stereocenters. The SMILES string of the molecule is CC1(C)C[C@@H](NCCC2(Cc3ccccc3)CCCC2)CCO1. The first-order valence-electron chi connectivity index (χ1n) is 9.48. The van der Waals surface area contributed by atoms with Gasteiger partial charge in [-0.15, -0.1) is 0 Å². The third-order valence-corrected chi connectivity index (χ3v) is 5.87. The summed E-state index contributed by atoms with van der Waals surface area (Å²) in [7, 11) is 0. The highest BCUT2D eigenvalue weighted by atomic mass is 16.5. The van der Waals surface area contributed by atoms with E-state index in [1.54, 1.807) is 0 Å². The Morgan fingerprint density at radius 2 is 1.87 bits per heavy atom. The van der Waals surface area contributed by atoms with Crippen molar-refractivity contribution in [2.45, 2.75) is 76.9 Å². The average Bonchev–Trinajstić information content (AvgIpc) is 2.96. The standard InChI is InChI=1S/C21H33NO/c1-20(2)17-19(10-15-23-20)22-14-13-21(11-6-7-12-21)16-18-8-4-3-5-9-18/h3-5,8-9,19,22H,6-7,10-17H2,1-2H3/t19-/m0/s1. The summed E-state index contributed by atoms with van der Waals surface area (Å²) in [6.07, 6.45) is 10.5. The van der Waals surface area contributed by atoms with E-state index in [9.17, 15) is 0 Å². The van der Waals surface area contributed by atoms with Gasteiger partial charge in [-0.2, -0.15) is 0 Å². The second-order valence-corrected chi connectivity index (χ2v) is 8.37. The van der Waals surface area contributed by atoms with E-state index in [0.29, 0.717) is 11.5 Å². The third-order valence-electron chi connectivity index (χ3n) is 5.87. The van der Waals surface area contributed by atoms with Crippen LogP contribution in [-0.4, -0.2) is 24.8 Å². The molecule has 0 bridgehead atoms. The molecule has 0 amide bonds. The highest BCUT2D eigenvalue weighted by Crippen LogP contribution is 2.43. The number of nitrogens with one attached hydrogen (secondary N) is 1. The van der Waals surface area contributed by atoms with Crippen LogP contribution in [0.2, 0.25) is 0 Å². The van der Waals surface area contributed by atoms with Crippen molar-refractivity contribution in [3.63, 3.8) is 0 Å². The molecule has 3 rings (SSSR count). The maximum atomic E-state index is 5.83. The Bertz CT molecular complexity index is 476. The molecule has 1 aromatic carbocycles. The first-order valence-corrected chi connectivity index (χ1v) is 9.48. The van der Waals surface area contributed by atoms with Gasteiger partial charge in [-0.25, -0.2) is 0 Å². The molecule has 1 heterocycles. The average molecular weight is 316 g/mol. The van der Waals surface area contributed by atoms with Crippen molar-refractivity contribution in [3.8, 4) is 0 Å². The Kier molecular flexibility index (Phi) is 5.43. The van der Waals surface area contributed by atoms with E-state index in [2.05, 4.69) is 49.5 Å². The quantitative estimate of drug-likeness (QED) is 0.819. The van der Waals surface area contributed by atoms with E-state index in [4.69, 9.17) is 4.74 Å². The molecule has 0 spiro atoms. The van der Waals surface area contributed by atoms with Crippen molar-refractivity contribution in [3.05, 3.63) is 35.9 Å². The van der Waals surface area contributed by atoms with Crippen LogP contribution in [0.5, 0.6) is 0 Å². The Balaban J connectivity index is 1.52. The van der Waals surface area contributed by atoms with E-state index < -0.39 is 0 Å². The molecule has 1 aliphatic heterocycles. The molecule has 128 valence electrons. The second kappa shape index (κ2) is 7.36. The predicted molar refractivity (Wildman–Crippen MR) is 96.7 cm³/mol. The van der Waals surface area contributed by atoms with Crippen molar-refractivity contribution in [1.29, 1.82) is 0 Å². The van der Waals surface area contributed by atoms with Crippen LogP contribution in [0, 0.1) is 5.41 Å². The summed E-state index contributed by atoms with van der Waals surface area (Å²) in [4.78, 5) is 0. The van der Waals surface area contributed by atoms with Crippen molar-refractivity contribution >= 4 is 0 Å². The molecule has 2 fully saturated rings. The fraction of sp³-hybridized carbons (Fsp3) is 0.714. The lowest BCUT2D eigenvalue weighted by Crippen LogP contribution is -2.44. The lowest BCUT2D eigenvalue weighted by atomic mass is 9.77. The smallest absolute Gasteiger partial charge is 0.0641 e. The van der Waals surface area contributed by atoms with E-state index >= 15 is 0 Å². The van der Waals surface area contributed by atoms with Crippen molar-refractivity contribution < 1.29 is 4.74 Å². The van der Waals surface area contributed by atoms with Crippen LogP contribution in [0.25, 0.3) is 0 Å². The van der Waals surface area contributed by atoms with Gasteiger partial charge in [0.25, 0.3) is 0 Å². The number of ether oxygens (including phenoxy) is 1. The van der Waals surface area contributed by atoms with E-state index in [1.807, 2.05) is 0 Å². The van der Waals surface area contributed by atoms with Gasteiger partial charge < -0.3 is 10.1 Å². The molecular weight excluding hydrogens is 282 g/mol. The topological polar surface area (TPSA) is 21.3 Å². The van der Waals surface area contributed by atoms with Crippen LogP contribution in [0.4, 0.5) is 0 Å². The van der Waals surface area contributed by atoms with Crippen LogP contribution in [-0.2, 0) is 11.2 Å². The minimum Gasteiger partial charge on any atom is -0.375 e. The molecule has 1 aliphatic carbocycles. The van der Waals surface area contributed by atoms with E-state index in [-0.39, 0.29) is 5.60 Å². The highest BCUT2D eigenvalue weighted by molar-refractivity contribution is 5.17. The Hall–Kier alpha value is -0.860. The number of hydrogen-bond acceptors (Lipinski definition) is 2. The van der Waals surface area contributed by atoms with Gasteiger partial charge in [0.05, 0.1) is 5.60 Å². The van der Waals surface area contributed by atoms with Crippen LogP contribution in [0.15, 0.2) is 30.3 Å². The summed E-state index contributed by atoms with van der Waals surface area (Å²) >= 11 is 0. The summed E-state index contributed by atoms with van der Waals surface area (Å²) < 4.78 is 5.83. The zero-order chi connectivity index (χ0) is 16.2. The van der Waals surface area contributed by atoms with Crippen LogP contribution in [0.3, 0.4) is 0 Å². The lowest BCUT2D eigenvalue weighted by molar-refractivity contribution is -0.0630. The number of benzene rings is 1. The van der Waals surface area contributed by atoms with Crippen LogP contribution in [0.1, 0.15) is 64.4 Å². The van der Waals surface area contributed by atoms with E-state index in [0.717, 1.165) is 26.0 Å². The normalized spacial score (nSPS) is 26.3. The van der Waals surface area contributed by atoms with Gasteiger partial charge in [0.2, 0.25) is 0 Å². The summed E-state index contributed by atoms with van der Waals surface area (Å²) in [5.74, 6) is 0. The van der Waals surface area contributed by atoms with Gasteiger partial charge in [-0.05, 0) is 69.9 Å². The fourth-order valence-electron chi connectivity index (χ4n) is 4.62. The Morgan fingerprint density at radius 1 is 1.13 bits per heavy atom. The molecule has 23 heavy (non-hydrogen) atoms. The molecule has 2 nitrogen and oxygen atoms in total. The number of rotatable bonds is 6. The predicted octanol–water partition coefficient (Wildman–Crippen LogP) is 4.73. The Labute approximate surface area is 142 Å². The molecular formula is C21H33NO. The molecule has 1 N–H and O–H groups in total. The summed E-state index contributed by atoms with van der Waals surface area (Å²) in [5, 5.41) is 3.83. The summed E-state index contributed by atoms with van der Waals surface area (Å²) in [6, 6.07) is 11.7. The molecule has 2 aliphatic rings. The van der Waals surface area contributed by atoms with Gasteiger partial charge >= 0.3 is 0 Å². The van der Waals surface area contributed by atoms with Crippen LogP contribution < -0.4 is 5.32 Å². The second-order valence-electron chi connectivity index (χ2n) is 8.37. The maximum absolute atomic E-state index is 5.83. The van der Waals surface area contributed by atoms with Gasteiger partial charge in [0, 0.05) is 12.6 Å². The molecule has 0 aromatic heterocycles.